The third-order valence-electron chi connectivity index (χ3n) is 4.23. The van der Waals surface area contributed by atoms with Crippen LogP contribution in [0.4, 0.5) is 5.69 Å². The molecule has 2 aromatic rings. The maximum Gasteiger partial charge on any atom is 0.237 e. The lowest BCUT2D eigenvalue weighted by atomic mass is 10.2. The van der Waals surface area contributed by atoms with Crippen molar-refractivity contribution >= 4 is 34.4 Å². The number of carbonyl (C=O) groups excluding carboxylic acids is 1. The van der Waals surface area contributed by atoms with Crippen LogP contribution in [0.3, 0.4) is 0 Å². The summed E-state index contributed by atoms with van der Waals surface area (Å²) in [5.41, 5.74) is 0.883. The van der Waals surface area contributed by atoms with Crippen molar-refractivity contribution in [2.24, 2.45) is 10.1 Å². The summed E-state index contributed by atoms with van der Waals surface area (Å²) in [5.74, 6) is 1.49. The molecule has 1 amide bonds. The number of ether oxygens (including phenoxy) is 1. The van der Waals surface area contributed by atoms with Gasteiger partial charge < -0.3 is 9.64 Å². The molecule has 0 saturated heterocycles. The SMILES string of the molecule is C=CCN1CC(Oc2ccccc2)=NC(SCC(=O)N(c2ccccc2)C(C)C)=N1. The van der Waals surface area contributed by atoms with Crippen molar-refractivity contribution in [3.05, 3.63) is 73.3 Å². The van der Waals surface area contributed by atoms with E-state index in [0.29, 0.717) is 29.9 Å². The maximum absolute atomic E-state index is 12.9. The molecule has 0 fully saturated rings. The molecule has 7 heteroatoms. The van der Waals surface area contributed by atoms with Crippen molar-refractivity contribution in [2.45, 2.75) is 19.9 Å². The molecule has 0 radical (unpaired) electrons. The van der Waals surface area contributed by atoms with Gasteiger partial charge >= 0.3 is 0 Å². The number of thioether (sulfide) groups is 1. The molecule has 156 valence electrons. The molecule has 0 saturated carbocycles. The molecule has 0 aliphatic carbocycles. The Hall–Kier alpha value is -3.06. The largest absolute Gasteiger partial charge is 0.441 e. The molecule has 1 heterocycles. The van der Waals surface area contributed by atoms with Crippen molar-refractivity contribution in [2.75, 3.05) is 23.7 Å². The van der Waals surface area contributed by atoms with Crippen LogP contribution in [0.5, 0.6) is 5.75 Å². The van der Waals surface area contributed by atoms with E-state index in [1.165, 1.54) is 11.8 Å². The van der Waals surface area contributed by atoms with Gasteiger partial charge in [-0.1, -0.05) is 54.2 Å². The molecule has 1 aliphatic heterocycles. The third kappa shape index (κ3) is 5.97. The lowest BCUT2D eigenvalue weighted by molar-refractivity contribution is -0.116. The Bertz CT molecular complexity index is 913. The van der Waals surface area contributed by atoms with E-state index in [1.807, 2.05) is 79.5 Å². The lowest BCUT2D eigenvalue weighted by Gasteiger charge is -2.27. The van der Waals surface area contributed by atoms with Crippen LogP contribution in [-0.4, -0.2) is 46.9 Å². The van der Waals surface area contributed by atoms with Crippen molar-refractivity contribution in [3.63, 3.8) is 0 Å². The average molecular weight is 423 g/mol. The first-order chi connectivity index (χ1) is 14.6. The first-order valence-electron chi connectivity index (χ1n) is 9.81. The molecule has 0 spiro atoms. The highest BCUT2D eigenvalue weighted by Crippen LogP contribution is 2.20. The average Bonchev–Trinajstić information content (AvgIpc) is 2.74. The number of rotatable bonds is 7. The van der Waals surface area contributed by atoms with Gasteiger partial charge in [-0.2, -0.15) is 4.99 Å². The van der Waals surface area contributed by atoms with Gasteiger partial charge in [0.25, 0.3) is 0 Å². The van der Waals surface area contributed by atoms with E-state index in [-0.39, 0.29) is 17.7 Å². The fourth-order valence-electron chi connectivity index (χ4n) is 2.99. The monoisotopic (exact) mass is 422 g/mol. The molecule has 6 nitrogen and oxygen atoms in total. The first-order valence-corrected chi connectivity index (χ1v) is 10.8. The number of para-hydroxylation sites is 2. The second-order valence-corrected chi connectivity index (χ2v) is 7.86. The van der Waals surface area contributed by atoms with Gasteiger partial charge in [-0.25, -0.2) is 0 Å². The summed E-state index contributed by atoms with van der Waals surface area (Å²) in [6.45, 7) is 8.80. The van der Waals surface area contributed by atoms with Crippen LogP contribution in [0, 0.1) is 0 Å². The van der Waals surface area contributed by atoms with Gasteiger partial charge in [0.15, 0.2) is 0 Å². The van der Waals surface area contributed by atoms with Crippen LogP contribution in [0.2, 0.25) is 0 Å². The van der Waals surface area contributed by atoms with E-state index in [2.05, 4.69) is 16.7 Å². The predicted octanol–water partition coefficient (Wildman–Crippen LogP) is 4.41. The Morgan fingerprint density at radius 2 is 1.87 bits per heavy atom. The molecular formula is C23H26N4O2S. The maximum atomic E-state index is 12.9. The number of benzene rings is 2. The standard InChI is InChI=1S/C23H26N4O2S/c1-4-15-26-16-21(29-20-13-9-6-10-14-20)24-23(25-26)30-17-22(28)27(18(2)3)19-11-7-5-8-12-19/h4-14,18H,1,15-17H2,2-3H3. The van der Waals surface area contributed by atoms with E-state index >= 15 is 0 Å². The van der Waals surface area contributed by atoms with E-state index < -0.39 is 0 Å². The van der Waals surface area contributed by atoms with Crippen molar-refractivity contribution in [1.82, 2.24) is 5.01 Å². The number of nitrogens with zero attached hydrogens (tertiary/aromatic N) is 4. The lowest BCUT2D eigenvalue weighted by Crippen LogP contribution is -2.38. The first kappa shape index (κ1) is 21.6. The predicted molar refractivity (Wildman–Crippen MR) is 125 cm³/mol. The molecule has 0 unspecified atom stereocenters. The quantitative estimate of drug-likeness (QED) is 0.620. The Kier molecular flexibility index (Phi) is 7.68. The third-order valence-corrected chi connectivity index (χ3v) is 5.05. The Morgan fingerprint density at radius 3 is 2.50 bits per heavy atom. The van der Waals surface area contributed by atoms with Crippen molar-refractivity contribution < 1.29 is 9.53 Å². The number of hydrogen-bond acceptors (Lipinski definition) is 6. The van der Waals surface area contributed by atoms with Crippen molar-refractivity contribution in [1.29, 1.82) is 0 Å². The number of hydrazone groups is 1. The van der Waals surface area contributed by atoms with Gasteiger partial charge in [-0.3, -0.25) is 9.80 Å². The minimum absolute atomic E-state index is 0.00507. The second-order valence-electron chi connectivity index (χ2n) is 6.92. The van der Waals surface area contributed by atoms with Gasteiger partial charge in [-0.05, 0) is 38.1 Å². The van der Waals surface area contributed by atoms with Crippen LogP contribution in [-0.2, 0) is 4.79 Å². The summed E-state index contributed by atoms with van der Waals surface area (Å²) >= 11 is 1.31. The topological polar surface area (TPSA) is 57.5 Å². The molecule has 1 aliphatic rings. The highest BCUT2D eigenvalue weighted by molar-refractivity contribution is 8.14. The highest BCUT2D eigenvalue weighted by atomic mass is 32.2. The molecule has 30 heavy (non-hydrogen) atoms. The van der Waals surface area contributed by atoms with Crippen LogP contribution in [0.1, 0.15) is 13.8 Å². The molecule has 2 aromatic carbocycles. The van der Waals surface area contributed by atoms with Gasteiger partial charge in [0.1, 0.15) is 12.3 Å². The number of hydrogen-bond donors (Lipinski definition) is 0. The summed E-state index contributed by atoms with van der Waals surface area (Å²) in [6.07, 6.45) is 1.78. The van der Waals surface area contributed by atoms with Crippen LogP contribution >= 0.6 is 11.8 Å². The van der Waals surface area contributed by atoms with E-state index in [9.17, 15) is 4.79 Å². The Labute approximate surface area is 181 Å². The van der Waals surface area contributed by atoms with E-state index in [4.69, 9.17) is 4.74 Å². The zero-order valence-corrected chi connectivity index (χ0v) is 18.1. The zero-order chi connectivity index (χ0) is 21.3. The summed E-state index contributed by atoms with van der Waals surface area (Å²) in [5, 5.41) is 6.84. The van der Waals surface area contributed by atoms with Gasteiger partial charge in [0, 0.05) is 11.7 Å². The number of anilines is 1. The molecule has 3 rings (SSSR count). The summed E-state index contributed by atoms with van der Waals surface area (Å²) < 4.78 is 5.91. The minimum Gasteiger partial charge on any atom is -0.441 e. The van der Waals surface area contributed by atoms with E-state index in [0.717, 1.165) is 5.69 Å². The van der Waals surface area contributed by atoms with E-state index in [1.54, 1.807) is 11.0 Å². The van der Waals surface area contributed by atoms with Gasteiger partial charge in [0.2, 0.25) is 17.0 Å². The number of amidine groups is 1. The zero-order valence-electron chi connectivity index (χ0n) is 17.3. The second kappa shape index (κ2) is 10.6. The molecule has 0 bridgehead atoms. The Morgan fingerprint density at radius 1 is 1.20 bits per heavy atom. The summed E-state index contributed by atoms with van der Waals surface area (Å²) in [6, 6.07) is 19.2. The normalized spacial score (nSPS) is 13.5. The number of aliphatic imine (C=N–C) groups is 1. The summed E-state index contributed by atoms with van der Waals surface area (Å²) in [7, 11) is 0. The van der Waals surface area contributed by atoms with Crippen LogP contribution in [0.15, 0.2) is 83.4 Å². The van der Waals surface area contributed by atoms with Gasteiger partial charge in [0.05, 0.1) is 12.3 Å². The molecule has 0 atom stereocenters. The van der Waals surface area contributed by atoms with Gasteiger partial charge in [-0.15, -0.1) is 11.7 Å². The number of amides is 1. The highest BCUT2D eigenvalue weighted by Gasteiger charge is 2.22. The van der Waals surface area contributed by atoms with Crippen LogP contribution in [0.25, 0.3) is 0 Å². The Balaban J connectivity index is 1.70. The molecule has 0 N–H and O–H groups in total. The minimum atomic E-state index is 0.00507. The fourth-order valence-corrected chi connectivity index (χ4v) is 3.72. The summed E-state index contributed by atoms with van der Waals surface area (Å²) in [4.78, 5) is 19.3. The molecular weight excluding hydrogens is 396 g/mol. The number of carbonyl (C=O) groups is 1. The van der Waals surface area contributed by atoms with Crippen LogP contribution < -0.4 is 9.64 Å². The fraction of sp³-hybridized carbons (Fsp3) is 0.261. The smallest absolute Gasteiger partial charge is 0.237 e. The van der Waals surface area contributed by atoms with Crippen molar-refractivity contribution in [3.8, 4) is 5.75 Å². The molecule has 0 aromatic heterocycles.